The molecule has 2 aliphatic rings. The molecule has 1 amide bonds. The highest BCUT2D eigenvalue weighted by molar-refractivity contribution is 5.89. The number of nitrogens with zero attached hydrogens (tertiary/aromatic N) is 3. The molecule has 1 unspecified atom stereocenters. The Bertz CT molecular complexity index is 459. The lowest BCUT2D eigenvalue weighted by Gasteiger charge is -2.33. The van der Waals surface area contributed by atoms with Crippen LogP contribution in [0.4, 0.5) is 5.95 Å². The molecule has 1 aromatic heterocycles. The third-order valence-electron chi connectivity index (χ3n) is 3.83. The molecular weight excluding hydrogens is 242 g/mol. The molecule has 1 aromatic rings. The number of piperidine rings is 1. The maximum absolute atomic E-state index is 12.0. The van der Waals surface area contributed by atoms with Crippen molar-refractivity contribution >= 4 is 11.9 Å². The fraction of sp³-hybridized carbons (Fsp3) is 0.615. The molecule has 0 bridgehead atoms. The molecule has 2 fully saturated rings. The normalized spacial score (nSPS) is 24.9. The molecule has 1 atom stereocenters. The van der Waals surface area contributed by atoms with Gasteiger partial charge in [-0.3, -0.25) is 4.79 Å². The smallest absolute Gasteiger partial charge is 0.240 e. The van der Waals surface area contributed by atoms with E-state index in [0.29, 0.717) is 0 Å². The molecule has 102 valence electrons. The van der Waals surface area contributed by atoms with Crippen LogP contribution >= 0.6 is 0 Å². The fourth-order valence-electron chi connectivity index (χ4n) is 2.42. The second-order valence-electron chi connectivity index (χ2n) is 5.46. The first-order chi connectivity index (χ1) is 9.17. The van der Waals surface area contributed by atoms with Gasteiger partial charge in [0.25, 0.3) is 0 Å². The molecule has 0 spiro atoms. The van der Waals surface area contributed by atoms with E-state index in [1.165, 1.54) is 0 Å². The van der Waals surface area contributed by atoms with Crippen LogP contribution in [0.25, 0.3) is 0 Å². The van der Waals surface area contributed by atoms with Crippen molar-refractivity contribution in [1.82, 2.24) is 15.3 Å². The Labute approximate surface area is 112 Å². The van der Waals surface area contributed by atoms with E-state index in [-0.39, 0.29) is 11.9 Å². The van der Waals surface area contributed by atoms with Crippen molar-refractivity contribution < 1.29 is 4.79 Å². The number of amides is 1. The van der Waals surface area contributed by atoms with Gasteiger partial charge in [0.1, 0.15) is 0 Å². The van der Waals surface area contributed by atoms with E-state index < -0.39 is 5.54 Å². The molecular formula is C13H19N5O. The zero-order valence-corrected chi connectivity index (χ0v) is 10.9. The summed E-state index contributed by atoms with van der Waals surface area (Å²) >= 11 is 0. The summed E-state index contributed by atoms with van der Waals surface area (Å²) in [5.41, 5.74) is 5.31. The topological polar surface area (TPSA) is 84.1 Å². The number of hydrogen-bond acceptors (Lipinski definition) is 5. The number of carbonyl (C=O) groups excluding carboxylic acids is 1. The number of rotatable bonds is 3. The van der Waals surface area contributed by atoms with E-state index in [9.17, 15) is 4.79 Å². The van der Waals surface area contributed by atoms with Crippen LogP contribution in [-0.2, 0) is 4.79 Å². The quantitative estimate of drug-likeness (QED) is 0.803. The van der Waals surface area contributed by atoms with E-state index >= 15 is 0 Å². The van der Waals surface area contributed by atoms with Crippen molar-refractivity contribution in [3.8, 4) is 0 Å². The molecule has 3 N–H and O–H groups in total. The Morgan fingerprint density at radius 1 is 1.42 bits per heavy atom. The number of carbonyl (C=O) groups is 1. The van der Waals surface area contributed by atoms with Gasteiger partial charge in [-0.25, -0.2) is 9.97 Å². The Hall–Kier alpha value is -1.69. The summed E-state index contributed by atoms with van der Waals surface area (Å²) in [5, 5.41) is 3.06. The Morgan fingerprint density at radius 3 is 2.84 bits per heavy atom. The first-order valence-electron chi connectivity index (χ1n) is 6.79. The highest BCUT2D eigenvalue weighted by atomic mass is 16.2. The second-order valence-corrected chi connectivity index (χ2v) is 5.46. The summed E-state index contributed by atoms with van der Waals surface area (Å²) in [6.07, 6.45) is 7.10. The van der Waals surface area contributed by atoms with Gasteiger partial charge in [0.2, 0.25) is 11.9 Å². The summed E-state index contributed by atoms with van der Waals surface area (Å²) in [4.78, 5) is 22.6. The van der Waals surface area contributed by atoms with Crippen LogP contribution in [0.2, 0.25) is 0 Å². The van der Waals surface area contributed by atoms with Crippen molar-refractivity contribution in [2.45, 2.75) is 37.3 Å². The minimum atomic E-state index is -0.592. The van der Waals surface area contributed by atoms with Crippen LogP contribution in [0.15, 0.2) is 18.5 Å². The van der Waals surface area contributed by atoms with Crippen molar-refractivity contribution in [3.05, 3.63) is 18.5 Å². The van der Waals surface area contributed by atoms with E-state index in [0.717, 1.165) is 44.7 Å². The third-order valence-corrected chi connectivity index (χ3v) is 3.83. The van der Waals surface area contributed by atoms with Gasteiger partial charge >= 0.3 is 0 Å². The molecule has 1 saturated carbocycles. The van der Waals surface area contributed by atoms with Gasteiger partial charge in [0.05, 0.1) is 5.54 Å². The molecule has 0 aromatic carbocycles. The van der Waals surface area contributed by atoms with Crippen molar-refractivity contribution in [3.63, 3.8) is 0 Å². The number of hydrogen-bond donors (Lipinski definition) is 2. The van der Waals surface area contributed by atoms with Crippen molar-refractivity contribution in [1.29, 1.82) is 0 Å². The van der Waals surface area contributed by atoms with Crippen molar-refractivity contribution in [2.75, 3.05) is 18.0 Å². The van der Waals surface area contributed by atoms with Gasteiger partial charge in [-0.15, -0.1) is 0 Å². The number of aromatic nitrogens is 2. The lowest BCUT2D eigenvalue weighted by molar-refractivity contribution is -0.124. The summed E-state index contributed by atoms with van der Waals surface area (Å²) < 4.78 is 0. The first-order valence-corrected chi connectivity index (χ1v) is 6.79. The maximum atomic E-state index is 12.0. The fourth-order valence-corrected chi connectivity index (χ4v) is 2.42. The summed E-state index contributed by atoms with van der Waals surface area (Å²) in [6.45, 7) is 1.69. The number of anilines is 1. The molecule has 6 heteroatoms. The summed E-state index contributed by atoms with van der Waals surface area (Å²) in [5.74, 6) is 0.726. The lowest BCUT2D eigenvalue weighted by atomic mass is 10.1. The predicted molar refractivity (Wildman–Crippen MR) is 71.6 cm³/mol. The number of nitrogens with one attached hydrogen (secondary N) is 1. The Morgan fingerprint density at radius 2 is 2.16 bits per heavy atom. The third kappa shape index (κ3) is 2.68. The van der Waals surface area contributed by atoms with E-state index in [4.69, 9.17) is 5.73 Å². The second kappa shape index (κ2) is 4.77. The van der Waals surface area contributed by atoms with E-state index in [2.05, 4.69) is 20.2 Å². The molecule has 1 aliphatic carbocycles. The Balaban J connectivity index is 1.60. The summed E-state index contributed by atoms with van der Waals surface area (Å²) in [6, 6.07) is 1.95. The van der Waals surface area contributed by atoms with Crippen LogP contribution in [0.5, 0.6) is 0 Å². The molecule has 1 aliphatic heterocycles. The molecule has 19 heavy (non-hydrogen) atoms. The van der Waals surface area contributed by atoms with Crippen LogP contribution in [0.3, 0.4) is 0 Å². The minimum absolute atomic E-state index is 0.00618. The van der Waals surface area contributed by atoms with Crippen LogP contribution < -0.4 is 16.0 Å². The zero-order chi connectivity index (χ0) is 13.3. The summed E-state index contributed by atoms with van der Waals surface area (Å²) in [7, 11) is 0. The van der Waals surface area contributed by atoms with Gasteiger partial charge in [0.15, 0.2) is 0 Å². The predicted octanol–water partition coefficient (Wildman–Crippen LogP) is 0.0529. The van der Waals surface area contributed by atoms with Crippen molar-refractivity contribution in [2.24, 2.45) is 5.73 Å². The highest BCUT2D eigenvalue weighted by Gasteiger charge is 2.46. The monoisotopic (exact) mass is 261 g/mol. The maximum Gasteiger partial charge on any atom is 0.240 e. The van der Waals surface area contributed by atoms with Gasteiger partial charge in [-0.2, -0.15) is 0 Å². The number of nitrogens with two attached hydrogens (primary N) is 1. The van der Waals surface area contributed by atoms with Gasteiger partial charge in [-0.1, -0.05) is 0 Å². The molecule has 0 radical (unpaired) electrons. The van der Waals surface area contributed by atoms with Crippen LogP contribution in [0.1, 0.15) is 25.7 Å². The minimum Gasteiger partial charge on any atom is -0.350 e. The Kier molecular flexibility index (Phi) is 3.10. The van der Waals surface area contributed by atoms with E-state index in [1.54, 1.807) is 18.5 Å². The molecule has 3 rings (SSSR count). The SMILES string of the molecule is NC1(C(=O)NC2CCCN(c3ncccn3)C2)CC1. The highest BCUT2D eigenvalue weighted by Crippen LogP contribution is 2.32. The largest absolute Gasteiger partial charge is 0.350 e. The molecule has 6 nitrogen and oxygen atoms in total. The van der Waals surface area contributed by atoms with Gasteiger partial charge in [0, 0.05) is 31.5 Å². The first kappa shape index (κ1) is 12.3. The van der Waals surface area contributed by atoms with E-state index in [1.807, 2.05) is 0 Å². The molecule has 2 heterocycles. The van der Waals surface area contributed by atoms with Crippen LogP contribution in [0, 0.1) is 0 Å². The van der Waals surface area contributed by atoms with Crippen LogP contribution in [-0.4, -0.2) is 40.5 Å². The zero-order valence-electron chi connectivity index (χ0n) is 10.9. The average molecular weight is 261 g/mol. The average Bonchev–Trinajstić information content (AvgIpc) is 3.20. The lowest BCUT2D eigenvalue weighted by Crippen LogP contribution is -2.53. The van der Waals surface area contributed by atoms with Gasteiger partial charge in [-0.05, 0) is 31.7 Å². The molecule has 1 saturated heterocycles. The standard InChI is InChI=1S/C13H19N5O/c14-13(4-5-13)11(19)17-10-3-1-8-18(9-10)12-15-6-2-7-16-12/h2,6-7,10H,1,3-5,8-9,14H2,(H,17,19). The van der Waals surface area contributed by atoms with Gasteiger partial charge < -0.3 is 16.0 Å².